The van der Waals surface area contributed by atoms with Crippen LogP contribution >= 0.6 is 11.3 Å². The van der Waals surface area contributed by atoms with Crippen molar-refractivity contribution in [3.8, 4) is 28.5 Å². The number of thiazole rings is 1. The first-order valence-electron chi connectivity index (χ1n) is 8.86. The van der Waals surface area contributed by atoms with Gasteiger partial charge < -0.3 is 19.5 Å². The van der Waals surface area contributed by atoms with Gasteiger partial charge >= 0.3 is 6.03 Å². The quantitative estimate of drug-likeness (QED) is 0.588. The molecule has 2 N–H and O–H groups in total. The van der Waals surface area contributed by atoms with Crippen LogP contribution in [0.1, 0.15) is 11.1 Å². The number of benzene rings is 2. The average Bonchev–Trinajstić information content (AvgIpc) is 3.17. The Morgan fingerprint density at radius 2 is 1.62 bits per heavy atom. The standard InChI is InChI=1S/C21H23N3O4S/c1-12-6-7-14(8-13(12)2)16-11-29-21(23-16)24-20(25)22-15-9-17(26-3)19(28-5)18(10-15)27-4/h6-11H,1-5H3,(H2,22,23,24,25). The number of aryl methyl sites for hydroxylation is 2. The maximum Gasteiger partial charge on any atom is 0.325 e. The highest BCUT2D eigenvalue weighted by atomic mass is 32.1. The van der Waals surface area contributed by atoms with E-state index in [4.69, 9.17) is 14.2 Å². The van der Waals surface area contributed by atoms with Crippen molar-refractivity contribution in [1.29, 1.82) is 0 Å². The second kappa shape index (κ2) is 8.83. The Morgan fingerprint density at radius 1 is 0.931 bits per heavy atom. The second-order valence-electron chi connectivity index (χ2n) is 6.33. The largest absolute Gasteiger partial charge is 0.493 e. The third kappa shape index (κ3) is 4.60. The summed E-state index contributed by atoms with van der Waals surface area (Å²) in [6.07, 6.45) is 0. The summed E-state index contributed by atoms with van der Waals surface area (Å²) < 4.78 is 15.9. The Morgan fingerprint density at radius 3 is 2.21 bits per heavy atom. The molecular formula is C21H23N3O4S. The minimum Gasteiger partial charge on any atom is -0.493 e. The van der Waals surface area contributed by atoms with E-state index in [1.165, 1.54) is 43.8 Å². The lowest BCUT2D eigenvalue weighted by atomic mass is 10.1. The highest BCUT2D eigenvalue weighted by Crippen LogP contribution is 2.40. The summed E-state index contributed by atoms with van der Waals surface area (Å²) in [4.78, 5) is 16.9. The molecule has 3 rings (SSSR count). The molecule has 0 spiro atoms. The summed E-state index contributed by atoms with van der Waals surface area (Å²) in [5.41, 5.74) is 4.77. The van der Waals surface area contributed by atoms with E-state index in [-0.39, 0.29) is 0 Å². The van der Waals surface area contributed by atoms with Gasteiger partial charge in [0.1, 0.15) is 0 Å². The van der Waals surface area contributed by atoms with Crippen LogP contribution in [0.25, 0.3) is 11.3 Å². The second-order valence-corrected chi connectivity index (χ2v) is 7.19. The summed E-state index contributed by atoms with van der Waals surface area (Å²) in [6.45, 7) is 4.13. The molecule has 2 aromatic carbocycles. The van der Waals surface area contributed by atoms with Crippen LogP contribution in [-0.2, 0) is 0 Å². The van der Waals surface area contributed by atoms with E-state index >= 15 is 0 Å². The van der Waals surface area contributed by atoms with E-state index in [1.807, 2.05) is 11.4 Å². The molecule has 29 heavy (non-hydrogen) atoms. The zero-order chi connectivity index (χ0) is 21.0. The van der Waals surface area contributed by atoms with Crippen LogP contribution in [0.15, 0.2) is 35.7 Å². The topological polar surface area (TPSA) is 81.7 Å². The predicted molar refractivity (Wildman–Crippen MR) is 116 cm³/mol. The Hall–Kier alpha value is -3.26. The number of amides is 2. The normalized spacial score (nSPS) is 10.4. The number of methoxy groups -OCH3 is 3. The first kappa shape index (κ1) is 20.5. The molecule has 7 nitrogen and oxygen atoms in total. The molecule has 0 saturated heterocycles. The lowest BCUT2D eigenvalue weighted by Gasteiger charge is -2.14. The van der Waals surface area contributed by atoms with Gasteiger partial charge in [-0.2, -0.15) is 0 Å². The molecule has 8 heteroatoms. The molecule has 0 radical (unpaired) electrons. The summed E-state index contributed by atoms with van der Waals surface area (Å²) in [7, 11) is 4.56. The van der Waals surface area contributed by atoms with Crippen LogP contribution in [0.5, 0.6) is 17.2 Å². The summed E-state index contributed by atoms with van der Waals surface area (Å²) in [5.74, 6) is 1.36. The van der Waals surface area contributed by atoms with Crippen molar-refractivity contribution in [2.24, 2.45) is 0 Å². The highest BCUT2D eigenvalue weighted by molar-refractivity contribution is 7.14. The number of hydrogen-bond acceptors (Lipinski definition) is 6. The van der Waals surface area contributed by atoms with Gasteiger partial charge in [0.05, 0.1) is 32.7 Å². The van der Waals surface area contributed by atoms with E-state index in [9.17, 15) is 4.79 Å². The van der Waals surface area contributed by atoms with E-state index in [2.05, 4.69) is 41.6 Å². The van der Waals surface area contributed by atoms with Gasteiger partial charge in [-0.25, -0.2) is 9.78 Å². The van der Waals surface area contributed by atoms with Crippen molar-refractivity contribution < 1.29 is 19.0 Å². The Bertz CT molecular complexity index is 1010. The minimum absolute atomic E-state index is 0.416. The Balaban J connectivity index is 1.73. The summed E-state index contributed by atoms with van der Waals surface area (Å²) in [5, 5.41) is 7.93. The maximum atomic E-state index is 12.4. The molecule has 1 heterocycles. The van der Waals surface area contributed by atoms with Crippen LogP contribution < -0.4 is 24.8 Å². The van der Waals surface area contributed by atoms with Crippen LogP contribution in [0, 0.1) is 13.8 Å². The van der Waals surface area contributed by atoms with Gasteiger partial charge in [0.25, 0.3) is 0 Å². The predicted octanol–water partition coefficient (Wildman–Crippen LogP) is 5.10. The van der Waals surface area contributed by atoms with Crippen molar-refractivity contribution >= 4 is 28.2 Å². The maximum absolute atomic E-state index is 12.4. The third-order valence-electron chi connectivity index (χ3n) is 4.45. The number of rotatable bonds is 6. The minimum atomic E-state index is -0.416. The molecule has 0 aliphatic heterocycles. The highest BCUT2D eigenvalue weighted by Gasteiger charge is 2.15. The number of nitrogens with one attached hydrogen (secondary N) is 2. The van der Waals surface area contributed by atoms with Crippen LogP contribution in [0.2, 0.25) is 0 Å². The lowest BCUT2D eigenvalue weighted by molar-refractivity contribution is 0.262. The van der Waals surface area contributed by atoms with Gasteiger partial charge in [0.2, 0.25) is 5.75 Å². The van der Waals surface area contributed by atoms with Gasteiger partial charge in [0, 0.05) is 23.1 Å². The number of nitrogens with zero attached hydrogens (tertiary/aromatic N) is 1. The number of carbonyl (C=O) groups excluding carboxylic acids is 1. The molecule has 2 amide bonds. The molecular weight excluding hydrogens is 390 g/mol. The smallest absolute Gasteiger partial charge is 0.325 e. The molecule has 0 unspecified atom stereocenters. The molecule has 0 atom stereocenters. The van der Waals surface area contributed by atoms with Crippen LogP contribution in [0.3, 0.4) is 0 Å². The van der Waals surface area contributed by atoms with E-state index < -0.39 is 6.03 Å². The SMILES string of the molecule is COc1cc(NC(=O)Nc2nc(-c3ccc(C)c(C)c3)cs2)cc(OC)c1OC. The van der Waals surface area contributed by atoms with Gasteiger partial charge in [-0.15, -0.1) is 11.3 Å². The molecule has 0 aliphatic carbocycles. The fourth-order valence-electron chi connectivity index (χ4n) is 2.78. The fraction of sp³-hybridized carbons (Fsp3) is 0.238. The molecule has 0 aliphatic rings. The third-order valence-corrected chi connectivity index (χ3v) is 5.21. The van der Waals surface area contributed by atoms with Crippen molar-refractivity contribution in [3.05, 3.63) is 46.8 Å². The van der Waals surface area contributed by atoms with Gasteiger partial charge in [-0.3, -0.25) is 5.32 Å². The summed E-state index contributed by atoms with van der Waals surface area (Å²) in [6, 6.07) is 9.07. The molecule has 1 aromatic heterocycles. The molecule has 0 bridgehead atoms. The average molecular weight is 413 g/mol. The number of anilines is 2. The van der Waals surface area contributed by atoms with E-state index in [0.29, 0.717) is 28.1 Å². The van der Waals surface area contributed by atoms with Gasteiger partial charge in [-0.05, 0) is 31.0 Å². The fourth-order valence-corrected chi connectivity index (χ4v) is 3.49. The molecule has 3 aromatic rings. The molecule has 152 valence electrons. The zero-order valence-electron chi connectivity index (χ0n) is 17.0. The summed E-state index contributed by atoms with van der Waals surface area (Å²) >= 11 is 1.36. The number of aromatic nitrogens is 1. The first-order valence-corrected chi connectivity index (χ1v) is 9.74. The zero-order valence-corrected chi connectivity index (χ0v) is 17.8. The van der Waals surface area contributed by atoms with E-state index in [0.717, 1.165) is 11.3 Å². The lowest BCUT2D eigenvalue weighted by Crippen LogP contribution is -2.19. The van der Waals surface area contributed by atoms with Crippen molar-refractivity contribution in [2.75, 3.05) is 32.0 Å². The van der Waals surface area contributed by atoms with Crippen LogP contribution in [0.4, 0.5) is 15.6 Å². The monoisotopic (exact) mass is 413 g/mol. The molecule has 0 fully saturated rings. The van der Waals surface area contributed by atoms with Gasteiger partial charge in [-0.1, -0.05) is 12.1 Å². The van der Waals surface area contributed by atoms with Crippen molar-refractivity contribution in [3.63, 3.8) is 0 Å². The van der Waals surface area contributed by atoms with Crippen molar-refractivity contribution in [1.82, 2.24) is 4.98 Å². The first-order chi connectivity index (χ1) is 13.9. The number of ether oxygens (including phenoxy) is 3. The van der Waals surface area contributed by atoms with Gasteiger partial charge in [0.15, 0.2) is 16.6 Å². The Kier molecular flexibility index (Phi) is 6.23. The molecule has 0 saturated carbocycles. The van der Waals surface area contributed by atoms with Crippen molar-refractivity contribution in [2.45, 2.75) is 13.8 Å². The van der Waals surface area contributed by atoms with E-state index in [1.54, 1.807) is 12.1 Å². The Labute approximate surface area is 173 Å². The van der Waals surface area contributed by atoms with Crippen LogP contribution in [-0.4, -0.2) is 32.3 Å². The number of hydrogen-bond donors (Lipinski definition) is 2. The number of urea groups is 1. The number of carbonyl (C=O) groups is 1.